The van der Waals surface area contributed by atoms with Crippen molar-refractivity contribution in [2.24, 2.45) is 0 Å². The number of carbonyl (C=O) groups excluding carboxylic acids is 1. The van der Waals surface area contributed by atoms with Gasteiger partial charge in [-0.25, -0.2) is 0 Å². The molecule has 0 radical (unpaired) electrons. The second-order valence-electron chi connectivity index (χ2n) is 3.33. The van der Waals surface area contributed by atoms with Gasteiger partial charge in [-0.3, -0.25) is 9.78 Å². The molecule has 1 aromatic carbocycles. The van der Waals surface area contributed by atoms with E-state index >= 15 is 0 Å². The number of anilines is 1. The predicted octanol–water partition coefficient (Wildman–Crippen LogP) is 2.69. The number of pyridine rings is 1. The normalized spacial score (nSPS) is 9.94. The first-order chi connectivity index (χ1) is 8.18. The summed E-state index contributed by atoms with van der Waals surface area (Å²) in [6.45, 7) is 0. The molecule has 0 saturated heterocycles. The highest BCUT2D eigenvalue weighted by atomic mass is 35.5. The highest BCUT2D eigenvalue weighted by Crippen LogP contribution is 2.22. The van der Waals surface area contributed by atoms with Gasteiger partial charge in [0.2, 0.25) is 0 Å². The van der Waals surface area contributed by atoms with Crippen LogP contribution < -0.4 is 5.32 Å². The van der Waals surface area contributed by atoms with E-state index in [-0.39, 0.29) is 11.3 Å². The van der Waals surface area contributed by atoms with Gasteiger partial charge in [-0.05, 0) is 18.2 Å². The Morgan fingerprint density at radius 2 is 2.06 bits per heavy atom. The first kappa shape index (κ1) is 11.4. The van der Waals surface area contributed by atoms with Gasteiger partial charge in [-0.15, -0.1) is 0 Å². The molecule has 5 heteroatoms. The first-order valence-electron chi connectivity index (χ1n) is 4.87. The molecular weight excluding hydrogens is 240 g/mol. The van der Waals surface area contributed by atoms with Crippen LogP contribution in [0.3, 0.4) is 0 Å². The van der Waals surface area contributed by atoms with Crippen molar-refractivity contribution in [3.63, 3.8) is 0 Å². The van der Waals surface area contributed by atoms with Crippen molar-refractivity contribution in [3.05, 3.63) is 53.3 Å². The van der Waals surface area contributed by atoms with Crippen LogP contribution in [0.15, 0.2) is 42.7 Å². The number of hydrogen-bond acceptors (Lipinski definition) is 3. The molecule has 2 aromatic rings. The van der Waals surface area contributed by atoms with E-state index < -0.39 is 5.91 Å². The van der Waals surface area contributed by atoms with E-state index in [1.807, 2.05) is 0 Å². The minimum Gasteiger partial charge on any atom is -0.507 e. The molecule has 0 spiro atoms. The summed E-state index contributed by atoms with van der Waals surface area (Å²) in [6.07, 6.45) is 2.97. The standard InChI is InChI=1S/C12H9ClN2O2/c13-9-5-6-14-7-10(9)15-12(17)8-3-1-2-4-11(8)16/h1-7,16H,(H,15,17). The maximum Gasteiger partial charge on any atom is 0.259 e. The first-order valence-corrected chi connectivity index (χ1v) is 5.25. The lowest BCUT2D eigenvalue weighted by Crippen LogP contribution is -2.12. The van der Waals surface area contributed by atoms with E-state index in [0.29, 0.717) is 10.7 Å². The maximum absolute atomic E-state index is 11.8. The summed E-state index contributed by atoms with van der Waals surface area (Å²) < 4.78 is 0. The van der Waals surface area contributed by atoms with E-state index in [1.54, 1.807) is 18.2 Å². The molecule has 0 aliphatic heterocycles. The van der Waals surface area contributed by atoms with E-state index in [9.17, 15) is 9.90 Å². The number of phenolic OH excluding ortho intramolecular Hbond substituents is 1. The molecule has 0 aliphatic carbocycles. The molecule has 1 amide bonds. The molecule has 2 N–H and O–H groups in total. The number of hydrogen-bond donors (Lipinski definition) is 2. The fourth-order valence-electron chi connectivity index (χ4n) is 1.32. The lowest BCUT2D eigenvalue weighted by atomic mass is 10.2. The number of nitrogens with one attached hydrogen (secondary N) is 1. The molecule has 0 saturated carbocycles. The Bertz CT molecular complexity index is 558. The molecule has 0 aliphatic rings. The molecule has 86 valence electrons. The van der Waals surface area contributed by atoms with Crippen LogP contribution in [0.2, 0.25) is 5.02 Å². The number of para-hydroxylation sites is 1. The number of amides is 1. The Morgan fingerprint density at radius 1 is 1.29 bits per heavy atom. The average Bonchev–Trinajstić information content (AvgIpc) is 2.32. The maximum atomic E-state index is 11.8. The van der Waals surface area contributed by atoms with Crippen LogP contribution in [0.4, 0.5) is 5.69 Å². The van der Waals surface area contributed by atoms with Crippen LogP contribution in [-0.2, 0) is 0 Å². The molecule has 1 heterocycles. The summed E-state index contributed by atoms with van der Waals surface area (Å²) in [5.74, 6) is -0.511. The Kier molecular flexibility index (Phi) is 3.25. The summed E-state index contributed by atoms with van der Waals surface area (Å²) in [5, 5.41) is 12.5. The van der Waals surface area contributed by atoms with Crippen molar-refractivity contribution in [1.29, 1.82) is 0 Å². The summed E-state index contributed by atoms with van der Waals surface area (Å²) in [4.78, 5) is 15.7. The van der Waals surface area contributed by atoms with Gasteiger partial charge in [0.05, 0.1) is 22.5 Å². The number of carbonyl (C=O) groups is 1. The Morgan fingerprint density at radius 3 is 2.76 bits per heavy atom. The number of benzene rings is 1. The predicted molar refractivity (Wildman–Crippen MR) is 65.3 cm³/mol. The molecule has 0 bridgehead atoms. The summed E-state index contributed by atoms with van der Waals surface area (Å²) in [6, 6.07) is 7.85. The van der Waals surface area contributed by atoms with Crippen molar-refractivity contribution in [2.75, 3.05) is 5.32 Å². The SMILES string of the molecule is O=C(Nc1cnccc1Cl)c1ccccc1O. The average molecular weight is 249 g/mol. The number of aromatic nitrogens is 1. The molecule has 4 nitrogen and oxygen atoms in total. The summed E-state index contributed by atoms with van der Waals surface area (Å²) in [5.41, 5.74) is 0.592. The zero-order valence-corrected chi connectivity index (χ0v) is 9.48. The monoisotopic (exact) mass is 248 g/mol. The van der Waals surface area contributed by atoms with Crippen molar-refractivity contribution >= 4 is 23.2 Å². The van der Waals surface area contributed by atoms with E-state index in [1.165, 1.54) is 24.5 Å². The van der Waals surface area contributed by atoms with Gasteiger partial charge in [0.15, 0.2) is 0 Å². The van der Waals surface area contributed by atoms with Gasteiger partial charge in [0.25, 0.3) is 5.91 Å². The van der Waals surface area contributed by atoms with Gasteiger partial charge in [-0.1, -0.05) is 23.7 Å². The van der Waals surface area contributed by atoms with Crippen LogP contribution in [0.25, 0.3) is 0 Å². The van der Waals surface area contributed by atoms with Crippen molar-refractivity contribution in [2.45, 2.75) is 0 Å². The number of nitrogens with zero attached hydrogens (tertiary/aromatic N) is 1. The van der Waals surface area contributed by atoms with Crippen molar-refractivity contribution in [1.82, 2.24) is 4.98 Å². The van der Waals surface area contributed by atoms with Gasteiger partial charge in [-0.2, -0.15) is 0 Å². The highest BCUT2D eigenvalue weighted by molar-refractivity contribution is 6.33. The Balaban J connectivity index is 2.24. The van der Waals surface area contributed by atoms with Gasteiger partial charge < -0.3 is 10.4 Å². The van der Waals surface area contributed by atoms with Crippen LogP contribution in [0, 0.1) is 0 Å². The van der Waals surface area contributed by atoms with E-state index in [0.717, 1.165) is 0 Å². The third-order valence-electron chi connectivity index (χ3n) is 2.16. The summed E-state index contributed by atoms with van der Waals surface area (Å²) in [7, 11) is 0. The number of halogens is 1. The molecule has 0 unspecified atom stereocenters. The quantitative estimate of drug-likeness (QED) is 0.859. The zero-order chi connectivity index (χ0) is 12.3. The highest BCUT2D eigenvalue weighted by Gasteiger charge is 2.11. The second kappa shape index (κ2) is 4.84. The van der Waals surface area contributed by atoms with Gasteiger partial charge >= 0.3 is 0 Å². The Hall–Kier alpha value is -2.07. The molecular formula is C12H9ClN2O2. The van der Waals surface area contributed by atoms with E-state index in [4.69, 9.17) is 11.6 Å². The van der Waals surface area contributed by atoms with Crippen molar-refractivity contribution in [3.8, 4) is 5.75 Å². The lowest BCUT2D eigenvalue weighted by Gasteiger charge is -2.07. The second-order valence-corrected chi connectivity index (χ2v) is 3.73. The molecule has 2 rings (SSSR count). The van der Waals surface area contributed by atoms with Crippen LogP contribution in [0.5, 0.6) is 5.75 Å². The van der Waals surface area contributed by atoms with Crippen LogP contribution in [-0.4, -0.2) is 16.0 Å². The smallest absolute Gasteiger partial charge is 0.259 e. The lowest BCUT2D eigenvalue weighted by molar-refractivity contribution is 0.102. The topological polar surface area (TPSA) is 62.2 Å². The fraction of sp³-hybridized carbons (Fsp3) is 0. The van der Waals surface area contributed by atoms with Crippen LogP contribution in [0.1, 0.15) is 10.4 Å². The number of rotatable bonds is 2. The van der Waals surface area contributed by atoms with Crippen LogP contribution >= 0.6 is 11.6 Å². The minimum atomic E-state index is -0.432. The number of aromatic hydroxyl groups is 1. The largest absolute Gasteiger partial charge is 0.507 e. The van der Waals surface area contributed by atoms with E-state index in [2.05, 4.69) is 10.3 Å². The van der Waals surface area contributed by atoms with Gasteiger partial charge in [0.1, 0.15) is 5.75 Å². The molecule has 17 heavy (non-hydrogen) atoms. The molecule has 0 atom stereocenters. The van der Waals surface area contributed by atoms with Crippen molar-refractivity contribution < 1.29 is 9.90 Å². The minimum absolute atomic E-state index is 0.0787. The van der Waals surface area contributed by atoms with Gasteiger partial charge in [0, 0.05) is 6.20 Å². The molecule has 1 aromatic heterocycles. The summed E-state index contributed by atoms with van der Waals surface area (Å²) >= 11 is 5.88. The number of phenols is 1. The Labute approximate surface area is 103 Å². The fourth-order valence-corrected chi connectivity index (χ4v) is 1.48. The molecule has 0 fully saturated rings. The third-order valence-corrected chi connectivity index (χ3v) is 2.49. The zero-order valence-electron chi connectivity index (χ0n) is 8.72. The third kappa shape index (κ3) is 2.54.